The molecule has 3 aromatic carbocycles. The number of methoxy groups -OCH3 is 1. The van der Waals surface area contributed by atoms with Gasteiger partial charge in [-0.25, -0.2) is 0 Å². The van der Waals surface area contributed by atoms with E-state index < -0.39 is 0 Å². The Morgan fingerprint density at radius 2 is 1.42 bits per heavy atom. The summed E-state index contributed by atoms with van der Waals surface area (Å²) in [7, 11) is 1.65. The fourth-order valence-electron chi connectivity index (χ4n) is 4.43. The zero-order valence-electron chi connectivity index (χ0n) is 18.8. The average Bonchev–Trinajstić information content (AvgIpc) is 3.35. The molecule has 2 heterocycles. The molecule has 168 valence electrons. The zero-order valence-corrected chi connectivity index (χ0v) is 18.8. The Labute approximate surface area is 194 Å². The van der Waals surface area contributed by atoms with Gasteiger partial charge in [-0.3, -0.25) is 9.80 Å². The lowest BCUT2D eigenvalue weighted by Crippen LogP contribution is -2.47. The fourth-order valence-corrected chi connectivity index (χ4v) is 4.43. The molecule has 0 spiro atoms. The number of rotatable bonds is 7. The maximum Gasteiger partial charge on any atom is 0.257 e. The summed E-state index contributed by atoms with van der Waals surface area (Å²) < 4.78 is 10.7. The highest BCUT2D eigenvalue weighted by molar-refractivity contribution is 5.54. The van der Waals surface area contributed by atoms with Crippen molar-refractivity contribution < 1.29 is 9.26 Å². The van der Waals surface area contributed by atoms with Gasteiger partial charge in [0.2, 0.25) is 0 Å². The molecule has 0 atom stereocenters. The van der Waals surface area contributed by atoms with Gasteiger partial charge >= 0.3 is 0 Å². The van der Waals surface area contributed by atoms with Crippen molar-refractivity contribution in [2.75, 3.05) is 33.3 Å². The van der Waals surface area contributed by atoms with Gasteiger partial charge < -0.3 is 9.26 Å². The van der Waals surface area contributed by atoms with Crippen LogP contribution in [0.4, 0.5) is 0 Å². The van der Waals surface area contributed by atoms with E-state index in [1.807, 2.05) is 24.3 Å². The largest absolute Gasteiger partial charge is 0.497 e. The summed E-state index contributed by atoms with van der Waals surface area (Å²) in [4.78, 5) is 9.57. The maximum atomic E-state index is 5.50. The van der Waals surface area contributed by atoms with Crippen LogP contribution in [-0.4, -0.2) is 53.2 Å². The SMILES string of the molecule is COc1ccc(-c2nc(CN3CCN(C(c4ccccc4)c4ccccc4)CC3)no2)cc1. The molecule has 1 aliphatic rings. The van der Waals surface area contributed by atoms with Crippen molar-refractivity contribution in [2.24, 2.45) is 0 Å². The molecule has 1 saturated heterocycles. The molecule has 1 fully saturated rings. The Morgan fingerprint density at radius 3 is 2.00 bits per heavy atom. The summed E-state index contributed by atoms with van der Waals surface area (Å²) in [6.45, 7) is 4.58. The number of hydrogen-bond acceptors (Lipinski definition) is 6. The van der Waals surface area contributed by atoms with Gasteiger partial charge in [0.1, 0.15) is 5.75 Å². The lowest BCUT2D eigenvalue weighted by molar-refractivity contribution is 0.102. The molecule has 0 N–H and O–H groups in total. The van der Waals surface area contributed by atoms with Crippen LogP contribution in [0.25, 0.3) is 11.5 Å². The molecule has 0 bridgehead atoms. The Kier molecular flexibility index (Phi) is 6.46. The number of piperazine rings is 1. The predicted molar refractivity (Wildman–Crippen MR) is 128 cm³/mol. The second-order valence-corrected chi connectivity index (χ2v) is 8.28. The van der Waals surface area contributed by atoms with Crippen molar-refractivity contribution in [3.8, 4) is 17.2 Å². The first-order valence-corrected chi connectivity index (χ1v) is 11.3. The third-order valence-electron chi connectivity index (χ3n) is 6.17. The fraction of sp³-hybridized carbons (Fsp3) is 0.259. The third-order valence-corrected chi connectivity index (χ3v) is 6.17. The van der Waals surface area contributed by atoms with E-state index in [-0.39, 0.29) is 6.04 Å². The number of aromatic nitrogens is 2. The molecule has 0 radical (unpaired) electrons. The highest BCUT2D eigenvalue weighted by atomic mass is 16.5. The molecular formula is C27H28N4O2. The highest BCUT2D eigenvalue weighted by Gasteiger charge is 2.27. The van der Waals surface area contributed by atoms with E-state index in [1.54, 1.807) is 7.11 Å². The van der Waals surface area contributed by atoms with E-state index in [4.69, 9.17) is 9.26 Å². The van der Waals surface area contributed by atoms with Crippen LogP contribution < -0.4 is 4.74 Å². The van der Waals surface area contributed by atoms with Crippen molar-refractivity contribution in [3.05, 3.63) is 102 Å². The van der Waals surface area contributed by atoms with Crippen LogP contribution in [0, 0.1) is 0 Å². The molecule has 33 heavy (non-hydrogen) atoms. The first-order chi connectivity index (χ1) is 16.3. The van der Waals surface area contributed by atoms with Gasteiger partial charge in [0.25, 0.3) is 5.89 Å². The normalized spacial score (nSPS) is 15.1. The molecule has 0 aliphatic carbocycles. The number of benzene rings is 3. The Balaban J connectivity index is 1.24. The van der Waals surface area contributed by atoms with Crippen LogP contribution >= 0.6 is 0 Å². The molecule has 0 amide bonds. The maximum absolute atomic E-state index is 5.50. The summed E-state index contributed by atoms with van der Waals surface area (Å²) in [6.07, 6.45) is 0. The Bertz CT molecular complexity index is 1100. The van der Waals surface area contributed by atoms with Crippen LogP contribution in [0.2, 0.25) is 0 Å². The van der Waals surface area contributed by atoms with Gasteiger partial charge in [-0.05, 0) is 35.4 Å². The minimum absolute atomic E-state index is 0.265. The van der Waals surface area contributed by atoms with Gasteiger partial charge in [0, 0.05) is 31.7 Å². The lowest BCUT2D eigenvalue weighted by atomic mass is 9.96. The van der Waals surface area contributed by atoms with E-state index in [0.29, 0.717) is 12.4 Å². The standard InChI is InChI=1S/C27H28N4O2/c1-32-24-14-12-23(13-15-24)27-28-25(29-33-27)20-30-16-18-31(19-17-30)26(21-8-4-2-5-9-21)22-10-6-3-7-11-22/h2-15,26H,16-20H2,1H3. The topological polar surface area (TPSA) is 54.6 Å². The first-order valence-electron chi connectivity index (χ1n) is 11.3. The second kappa shape index (κ2) is 9.98. The van der Waals surface area contributed by atoms with Crippen LogP contribution in [0.3, 0.4) is 0 Å². The summed E-state index contributed by atoms with van der Waals surface area (Å²) >= 11 is 0. The molecule has 6 heteroatoms. The smallest absolute Gasteiger partial charge is 0.257 e. The molecule has 1 aromatic heterocycles. The van der Waals surface area contributed by atoms with Crippen LogP contribution in [0.5, 0.6) is 5.75 Å². The molecular weight excluding hydrogens is 412 g/mol. The van der Waals surface area contributed by atoms with Gasteiger partial charge in [-0.2, -0.15) is 4.98 Å². The molecule has 4 aromatic rings. The molecule has 0 unspecified atom stereocenters. The summed E-state index contributed by atoms with van der Waals surface area (Å²) in [5, 5.41) is 4.21. The lowest BCUT2D eigenvalue weighted by Gasteiger charge is -2.39. The number of nitrogens with zero attached hydrogens (tertiary/aromatic N) is 4. The number of hydrogen-bond donors (Lipinski definition) is 0. The predicted octanol–water partition coefficient (Wildman–Crippen LogP) is 4.65. The quantitative estimate of drug-likeness (QED) is 0.417. The van der Waals surface area contributed by atoms with Gasteiger partial charge in [0.05, 0.1) is 19.7 Å². The van der Waals surface area contributed by atoms with Crippen molar-refractivity contribution in [1.82, 2.24) is 19.9 Å². The summed E-state index contributed by atoms with van der Waals surface area (Å²) in [6, 6.07) is 29.5. The van der Waals surface area contributed by atoms with Gasteiger partial charge in [-0.1, -0.05) is 65.8 Å². The van der Waals surface area contributed by atoms with Crippen molar-refractivity contribution >= 4 is 0 Å². The average molecular weight is 441 g/mol. The van der Waals surface area contributed by atoms with E-state index in [0.717, 1.165) is 43.3 Å². The minimum Gasteiger partial charge on any atom is -0.497 e. The van der Waals surface area contributed by atoms with Crippen molar-refractivity contribution in [3.63, 3.8) is 0 Å². The van der Waals surface area contributed by atoms with Crippen LogP contribution in [-0.2, 0) is 6.54 Å². The molecule has 1 aliphatic heterocycles. The van der Waals surface area contributed by atoms with Crippen LogP contribution in [0.1, 0.15) is 23.0 Å². The highest BCUT2D eigenvalue weighted by Crippen LogP contribution is 2.29. The second-order valence-electron chi connectivity index (χ2n) is 8.28. The molecule has 5 rings (SSSR count). The Hall–Kier alpha value is -3.48. The van der Waals surface area contributed by atoms with Gasteiger partial charge in [-0.15, -0.1) is 0 Å². The minimum atomic E-state index is 0.265. The van der Waals surface area contributed by atoms with Crippen molar-refractivity contribution in [2.45, 2.75) is 12.6 Å². The number of ether oxygens (including phenoxy) is 1. The third kappa shape index (κ3) is 4.97. The monoisotopic (exact) mass is 440 g/mol. The van der Waals surface area contributed by atoms with E-state index in [1.165, 1.54) is 11.1 Å². The van der Waals surface area contributed by atoms with E-state index in [9.17, 15) is 0 Å². The first kappa shape index (κ1) is 21.4. The van der Waals surface area contributed by atoms with Crippen LogP contribution in [0.15, 0.2) is 89.5 Å². The van der Waals surface area contributed by atoms with E-state index >= 15 is 0 Å². The molecule has 6 nitrogen and oxygen atoms in total. The van der Waals surface area contributed by atoms with Gasteiger partial charge in [0.15, 0.2) is 5.82 Å². The van der Waals surface area contributed by atoms with E-state index in [2.05, 4.69) is 80.6 Å². The summed E-state index contributed by atoms with van der Waals surface area (Å²) in [5.74, 6) is 2.07. The van der Waals surface area contributed by atoms with Crippen molar-refractivity contribution in [1.29, 1.82) is 0 Å². The summed E-state index contributed by atoms with van der Waals surface area (Å²) in [5.41, 5.74) is 3.56. The zero-order chi connectivity index (χ0) is 22.5. The molecule has 0 saturated carbocycles. The Morgan fingerprint density at radius 1 is 0.818 bits per heavy atom.